The number of pyridine rings is 1. The van der Waals surface area contributed by atoms with Gasteiger partial charge in [0.25, 0.3) is 0 Å². The fraction of sp³-hybridized carbons (Fsp3) is 0.552. The predicted octanol–water partition coefficient (Wildman–Crippen LogP) is 8.07. The van der Waals surface area contributed by atoms with Crippen molar-refractivity contribution in [1.29, 1.82) is 0 Å². The quantitative estimate of drug-likeness (QED) is 0.306. The fourth-order valence-electron chi connectivity index (χ4n) is 4.65. The highest BCUT2D eigenvalue weighted by Gasteiger charge is 2.21. The van der Waals surface area contributed by atoms with Crippen LogP contribution in [0.1, 0.15) is 113 Å². The van der Waals surface area contributed by atoms with Crippen molar-refractivity contribution in [3.63, 3.8) is 0 Å². The Balaban J connectivity index is 1.47. The SMILES string of the molecule is CCCCCCC1CCC(c2ccc(C#Cc3ccc(CCCC)cn3)cc2)CC1. The summed E-state index contributed by atoms with van der Waals surface area (Å²) < 4.78 is 0. The smallest absolute Gasteiger partial charge is 0.113 e. The topological polar surface area (TPSA) is 12.9 Å². The molecule has 0 aliphatic heterocycles. The molecule has 2 aromatic rings. The average molecular weight is 402 g/mol. The van der Waals surface area contributed by atoms with E-state index in [0.29, 0.717) is 0 Å². The van der Waals surface area contributed by atoms with Crippen LogP contribution in [0.3, 0.4) is 0 Å². The zero-order valence-electron chi connectivity index (χ0n) is 19.1. The summed E-state index contributed by atoms with van der Waals surface area (Å²) in [5, 5.41) is 0. The van der Waals surface area contributed by atoms with Crippen molar-refractivity contribution in [1.82, 2.24) is 4.98 Å². The number of nitrogens with zero attached hydrogens (tertiary/aromatic N) is 1. The second kappa shape index (κ2) is 12.6. The molecule has 1 saturated carbocycles. The number of aromatic nitrogens is 1. The van der Waals surface area contributed by atoms with E-state index in [0.717, 1.165) is 29.5 Å². The van der Waals surface area contributed by atoms with Crippen molar-refractivity contribution in [2.24, 2.45) is 5.92 Å². The summed E-state index contributed by atoms with van der Waals surface area (Å²) in [6, 6.07) is 13.2. The molecule has 0 atom stereocenters. The summed E-state index contributed by atoms with van der Waals surface area (Å²) in [5.74, 6) is 8.22. The molecule has 3 rings (SSSR count). The molecular formula is C29H39N. The normalized spacial score (nSPS) is 18.6. The first kappa shape index (κ1) is 22.6. The molecule has 0 unspecified atom stereocenters. The lowest BCUT2D eigenvalue weighted by Crippen LogP contribution is -2.13. The van der Waals surface area contributed by atoms with E-state index >= 15 is 0 Å². The summed E-state index contributed by atoms with van der Waals surface area (Å²) in [5.41, 5.74) is 4.75. The van der Waals surface area contributed by atoms with E-state index in [-0.39, 0.29) is 0 Å². The maximum atomic E-state index is 4.50. The van der Waals surface area contributed by atoms with Gasteiger partial charge in [0.2, 0.25) is 0 Å². The summed E-state index contributed by atoms with van der Waals surface area (Å²) in [6.45, 7) is 4.52. The maximum Gasteiger partial charge on any atom is 0.113 e. The van der Waals surface area contributed by atoms with Crippen LogP contribution < -0.4 is 0 Å². The van der Waals surface area contributed by atoms with Gasteiger partial charge in [-0.15, -0.1) is 0 Å². The molecule has 1 aromatic heterocycles. The van der Waals surface area contributed by atoms with E-state index in [1.54, 1.807) is 0 Å². The standard InChI is InChI=1S/C29H39N/c1-3-5-7-8-10-24-11-17-27(18-12-24)28-19-13-25(14-20-28)15-21-29-22-16-26(23-30-29)9-6-4-2/h13-14,16,19-20,22-24,27H,3-12,17-18H2,1-2H3. The first-order valence-electron chi connectivity index (χ1n) is 12.4. The van der Waals surface area contributed by atoms with Crippen molar-refractivity contribution in [3.05, 3.63) is 65.0 Å². The number of unbranched alkanes of at least 4 members (excludes halogenated alkanes) is 4. The van der Waals surface area contributed by atoms with Crippen molar-refractivity contribution < 1.29 is 0 Å². The second-order valence-electron chi connectivity index (χ2n) is 9.09. The lowest BCUT2D eigenvalue weighted by atomic mass is 9.77. The van der Waals surface area contributed by atoms with Gasteiger partial charge in [0, 0.05) is 11.8 Å². The molecule has 160 valence electrons. The number of hydrogen-bond acceptors (Lipinski definition) is 1. The van der Waals surface area contributed by atoms with Gasteiger partial charge in [-0.25, -0.2) is 4.98 Å². The van der Waals surface area contributed by atoms with E-state index < -0.39 is 0 Å². The molecule has 0 bridgehead atoms. The van der Waals surface area contributed by atoms with Crippen LogP contribution in [-0.4, -0.2) is 4.98 Å². The highest BCUT2D eigenvalue weighted by Crippen LogP contribution is 2.37. The average Bonchev–Trinajstić information content (AvgIpc) is 2.81. The molecule has 1 aliphatic rings. The molecule has 1 aromatic carbocycles. The van der Waals surface area contributed by atoms with Gasteiger partial charge in [-0.3, -0.25) is 0 Å². The molecule has 0 amide bonds. The van der Waals surface area contributed by atoms with Crippen LogP contribution in [0.2, 0.25) is 0 Å². The molecule has 1 fully saturated rings. The van der Waals surface area contributed by atoms with E-state index in [1.165, 1.54) is 81.8 Å². The number of aryl methyl sites for hydroxylation is 1. The van der Waals surface area contributed by atoms with Crippen LogP contribution in [0.15, 0.2) is 42.6 Å². The van der Waals surface area contributed by atoms with Gasteiger partial charge in [-0.1, -0.05) is 76.5 Å². The fourth-order valence-corrected chi connectivity index (χ4v) is 4.65. The van der Waals surface area contributed by atoms with E-state index in [2.05, 4.69) is 61.0 Å². The summed E-state index contributed by atoms with van der Waals surface area (Å²) >= 11 is 0. The van der Waals surface area contributed by atoms with Gasteiger partial charge in [0.15, 0.2) is 0 Å². The van der Waals surface area contributed by atoms with Crippen LogP contribution in [0.25, 0.3) is 0 Å². The minimum Gasteiger partial charge on any atom is -0.248 e. The minimum absolute atomic E-state index is 0.747. The predicted molar refractivity (Wildman–Crippen MR) is 129 cm³/mol. The molecule has 30 heavy (non-hydrogen) atoms. The van der Waals surface area contributed by atoms with Crippen LogP contribution in [0, 0.1) is 17.8 Å². The monoisotopic (exact) mass is 401 g/mol. The molecule has 0 radical (unpaired) electrons. The van der Waals surface area contributed by atoms with Crippen LogP contribution in [0.5, 0.6) is 0 Å². The highest BCUT2D eigenvalue weighted by atomic mass is 14.7. The van der Waals surface area contributed by atoms with Crippen molar-refractivity contribution in [2.45, 2.75) is 96.8 Å². The Morgan fingerprint density at radius 2 is 1.57 bits per heavy atom. The van der Waals surface area contributed by atoms with Gasteiger partial charge < -0.3 is 0 Å². The van der Waals surface area contributed by atoms with Crippen LogP contribution in [0.4, 0.5) is 0 Å². The van der Waals surface area contributed by atoms with Gasteiger partial charge in [-0.05, 0) is 85.6 Å². The van der Waals surface area contributed by atoms with Gasteiger partial charge >= 0.3 is 0 Å². The molecule has 0 N–H and O–H groups in total. The molecule has 1 nitrogen and oxygen atoms in total. The Morgan fingerprint density at radius 1 is 0.800 bits per heavy atom. The zero-order chi connectivity index (χ0) is 21.0. The van der Waals surface area contributed by atoms with Crippen molar-refractivity contribution in [3.8, 4) is 11.8 Å². The molecule has 1 heterocycles. The van der Waals surface area contributed by atoms with E-state index in [4.69, 9.17) is 0 Å². The minimum atomic E-state index is 0.747. The Labute approximate surface area is 184 Å². The molecular weight excluding hydrogens is 362 g/mol. The lowest BCUT2D eigenvalue weighted by Gasteiger charge is -2.29. The summed E-state index contributed by atoms with van der Waals surface area (Å²) in [4.78, 5) is 4.50. The van der Waals surface area contributed by atoms with Gasteiger partial charge in [-0.2, -0.15) is 0 Å². The lowest BCUT2D eigenvalue weighted by molar-refractivity contribution is 0.302. The summed E-state index contributed by atoms with van der Waals surface area (Å²) in [7, 11) is 0. The first-order valence-corrected chi connectivity index (χ1v) is 12.4. The Morgan fingerprint density at radius 3 is 2.23 bits per heavy atom. The number of rotatable bonds is 9. The second-order valence-corrected chi connectivity index (χ2v) is 9.09. The molecule has 1 heteroatoms. The Hall–Kier alpha value is -2.07. The van der Waals surface area contributed by atoms with Gasteiger partial charge in [0.1, 0.15) is 5.69 Å². The van der Waals surface area contributed by atoms with Crippen molar-refractivity contribution >= 4 is 0 Å². The molecule has 0 spiro atoms. The first-order chi connectivity index (χ1) is 14.8. The zero-order valence-corrected chi connectivity index (χ0v) is 19.1. The highest BCUT2D eigenvalue weighted by molar-refractivity contribution is 5.41. The van der Waals surface area contributed by atoms with Crippen molar-refractivity contribution in [2.75, 3.05) is 0 Å². The number of hydrogen-bond donors (Lipinski definition) is 0. The van der Waals surface area contributed by atoms with Gasteiger partial charge in [0.05, 0.1) is 0 Å². The largest absolute Gasteiger partial charge is 0.248 e. The van der Waals surface area contributed by atoms with E-state index in [9.17, 15) is 0 Å². The summed E-state index contributed by atoms with van der Waals surface area (Å²) in [6.07, 6.45) is 18.1. The molecule has 1 aliphatic carbocycles. The van der Waals surface area contributed by atoms with Crippen LogP contribution in [-0.2, 0) is 6.42 Å². The Kier molecular flexibility index (Phi) is 9.49. The third-order valence-corrected chi connectivity index (χ3v) is 6.67. The van der Waals surface area contributed by atoms with Crippen LogP contribution >= 0.6 is 0 Å². The number of benzene rings is 1. The molecule has 0 saturated heterocycles. The maximum absolute atomic E-state index is 4.50. The Bertz CT molecular complexity index is 783. The van der Waals surface area contributed by atoms with E-state index in [1.807, 2.05) is 12.3 Å². The third-order valence-electron chi connectivity index (χ3n) is 6.67. The third kappa shape index (κ3) is 7.32.